The zero-order valence-electron chi connectivity index (χ0n) is 40.7. The third kappa shape index (κ3) is 7.23. The van der Waals surface area contributed by atoms with Gasteiger partial charge in [-0.1, -0.05) is 167 Å². The van der Waals surface area contributed by atoms with Crippen molar-refractivity contribution in [1.82, 2.24) is 0 Å². The average molecular weight is 845 g/mol. The van der Waals surface area contributed by atoms with Crippen LogP contribution < -0.4 is 0 Å². The second kappa shape index (κ2) is 18.1. The summed E-state index contributed by atoms with van der Waals surface area (Å²) < 4.78 is 0. The summed E-state index contributed by atoms with van der Waals surface area (Å²) in [5.41, 5.74) is 0. The molecule has 13 fully saturated rings. The SMILES string of the molecule is C1CCC(C2C(C3CCCCC3)C(C3CCC4CCC5CCCC6CCC3C4C56)C(C3CCCCC3)C(C3CCCCC3)C2C2CCC3CCC4CCCC5CCC2C3C45)CC1. The van der Waals surface area contributed by atoms with E-state index in [1.807, 2.05) is 0 Å². The normalized spacial score (nSPS) is 53.0. The summed E-state index contributed by atoms with van der Waals surface area (Å²) in [6.07, 6.45) is 62.0. The maximum Gasteiger partial charge on any atom is -0.0315 e. The maximum atomic E-state index is 1.70. The lowest BCUT2D eigenvalue weighted by Gasteiger charge is -2.69. The Morgan fingerprint density at radius 1 is 0.113 bits per heavy atom. The van der Waals surface area contributed by atoms with Crippen LogP contribution in [0.5, 0.6) is 0 Å². The summed E-state index contributed by atoms with van der Waals surface area (Å²) >= 11 is 0. The van der Waals surface area contributed by atoms with Gasteiger partial charge < -0.3 is 0 Å². The standard InChI is InChI=1S/C62H100/c1-5-15-39(16-6-1)57-58(40-17-7-2-8-18-40)62(52-38-34-48-30-28-44-24-14-26-46-32-36-50(52)56(48)54(44)46)60(42-21-11-4-12-22-42)59(41-19-9-3-10-20-41)61(57)51-37-33-47-29-27-43-23-13-25-45-31-35-49(51)55(47)53(43)45/h39-62H,1-38H2. The molecule has 0 heterocycles. The molecule has 0 saturated heterocycles. The lowest BCUT2D eigenvalue weighted by atomic mass is 9.36. The van der Waals surface area contributed by atoms with Gasteiger partial charge in [0.2, 0.25) is 0 Å². The van der Waals surface area contributed by atoms with Crippen molar-refractivity contribution in [2.75, 3.05) is 0 Å². The molecule has 0 aromatic heterocycles. The van der Waals surface area contributed by atoms with E-state index in [1.54, 1.807) is 244 Å². The Kier molecular flexibility index (Phi) is 12.3. The Bertz CT molecular complexity index is 1300. The largest absolute Gasteiger partial charge is 0.0533 e. The number of hydrogen-bond acceptors (Lipinski definition) is 0. The van der Waals surface area contributed by atoms with Crippen molar-refractivity contribution in [3.63, 3.8) is 0 Å². The molecule has 0 aromatic rings. The lowest BCUT2D eigenvalue weighted by molar-refractivity contribution is -0.205. The van der Waals surface area contributed by atoms with Crippen LogP contribution in [-0.4, -0.2) is 0 Å². The molecule has 0 aromatic carbocycles. The highest BCUT2D eigenvalue weighted by atomic mass is 14.7. The molecule has 0 heteroatoms. The third-order valence-corrected chi connectivity index (χ3v) is 26.3. The van der Waals surface area contributed by atoms with Crippen LogP contribution in [0.2, 0.25) is 0 Å². The van der Waals surface area contributed by atoms with Gasteiger partial charge in [-0.15, -0.1) is 0 Å². The van der Waals surface area contributed by atoms with Crippen LogP contribution in [0, 0.1) is 142 Å². The molecule has 13 aliphatic carbocycles. The van der Waals surface area contributed by atoms with Gasteiger partial charge in [-0.2, -0.15) is 0 Å². The second-order valence-corrected chi connectivity index (χ2v) is 27.9. The maximum absolute atomic E-state index is 1.70. The molecule has 0 spiro atoms. The highest BCUT2D eigenvalue weighted by Crippen LogP contribution is 2.72. The van der Waals surface area contributed by atoms with E-state index in [-0.39, 0.29) is 0 Å². The summed E-state index contributed by atoms with van der Waals surface area (Å²) in [5, 5.41) is 0. The van der Waals surface area contributed by atoms with Crippen LogP contribution >= 0.6 is 0 Å². The van der Waals surface area contributed by atoms with Crippen LogP contribution in [0.4, 0.5) is 0 Å². The lowest BCUT2D eigenvalue weighted by Crippen LogP contribution is -2.63. The minimum atomic E-state index is 1.09. The van der Waals surface area contributed by atoms with E-state index >= 15 is 0 Å². The predicted octanol–water partition coefficient (Wildman–Crippen LogP) is 17.8. The molecule has 0 aliphatic heterocycles. The summed E-state index contributed by atoms with van der Waals surface area (Å²) in [4.78, 5) is 0. The van der Waals surface area contributed by atoms with Gasteiger partial charge in [-0.25, -0.2) is 0 Å². The van der Waals surface area contributed by atoms with E-state index in [2.05, 4.69) is 0 Å². The molecule has 18 unspecified atom stereocenters. The molecule has 0 radical (unpaired) electrons. The summed E-state index contributed by atoms with van der Waals surface area (Å²) in [6, 6.07) is 0. The monoisotopic (exact) mass is 845 g/mol. The van der Waals surface area contributed by atoms with E-state index in [9.17, 15) is 0 Å². The molecule has 0 bridgehead atoms. The zero-order valence-corrected chi connectivity index (χ0v) is 40.7. The van der Waals surface area contributed by atoms with Gasteiger partial charge >= 0.3 is 0 Å². The van der Waals surface area contributed by atoms with E-state index in [4.69, 9.17) is 0 Å². The molecular formula is C62H100. The molecular weight excluding hydrogens is 745 g/mol. The van der Waals surface area contributed by atoms with Crippen molar-refractivity contribution in [3.05, 3.63) is 0 Å². The van der Waals surface area contributed by atoms with Crippen molar-refractivity contribution in [3.8, 4) is 0 Å². The molecule has 13 saturated carbocycles. The Balaban J connectivity index is 0.980. The molecule has 13 aliphatic rings. The van der Waals surface area contributed by atoms with Gasteiger partial charge in [0.25, 0.3) is 0 Å². The van der Waals surface area contributed by atoms with Crippen LogP contribution in [0.1, 0.15) is 244 Å². The van der Waals surface area contributed by atoms with Crippen molar-refractivity contribution in [2.45, 2.75) is 244 Å². The molecule has 62 heavy (non-hydrogen) atoms. The number of hydrogen-bond donors (Lipinski definition) is 0. The van der Waals surface area contributed by atoms with Gasteiger partial charge in [0.05, 0.1) is 0 Å². The topological polar surface area (TPSA) is 0 Å². The van der Waals surface area contributed by atoms with E-state index in [1.165, 1.54) is 0 Å². The first-order valence-corrected chi connectivity index (χ1v) is 30.8. The van der Waals surface area contributed by atoms with Crippen molar-refractivity contribution < 1.29 is 0 Å². The predicted molar refractivity (Wildman–Crippen MR) is 259 cm³/mol. The Morgan fingerprint density at radius 2 is 0.306 bits per heavy atom. The van der Waals surface area contributed by atoms with Crippen LogP contribution in [0.3, 0.4) is 0 Å². The Labute approximate surface area is 384 Å². The molecule has 348 valence electrons. The minimum Gasteiger partial charge on any atom is -0.0533 e. The molecule has 13 rings (SSSR count). The minimum absolute atomic E-state index is 1.09. The van der Waals surface area contributed by atoms with Crippen molar-refractivity contribution in [2.24, 2.45) is 142 Å². The van der Waals surface area contributed by atoms with E-state index < -0.39 is 0 Å². The van der Waals surface area contributed by atoms with Gasteiger partial charge in [0.1, 0.15) is 0 Å². The first kappa shape index (κ1) is 42.1. The highest BCUT2D eigenvalue weighted by molar-refractivity contribution is 5.14. The van der Waals surface area contributed by atoms with Crippen LogP contribution in [0.15, 0.2) is 0 Å². The molecule has 0 nitrogen and oxygen atoms in total. The Hall–Kier alpha value is 0. The zero-order chi connectivity index (χ0) is 40.7. The Morgan fingerprint density at radius 3 is 0.581 bits per heavy atom. The van der Waals surface area contributed by atoms with E-state index in [0.717, 1.165) is 142 Å². The van der Waals surface area contributed by atoms with Crippen LogP contribution in [-0.2, 0) is 0 Å². The van der Waals surface area contributed by atoms with E-state index in [0.29, 0.717) is 0 Å². The van der Waals surface area contributed by atoms with Gasteiger partial charge in [-0.3, -0.25) is 0 Å². The molecule has 0 N–H and O–H groups in total. The quantitative estimate of drug-likeness (QED) is 0.250. The fourth-order valence-electron chi connectivity index (χ4n) is 24.9. The summed E-state index contributed by atoms with van der Waals surface area (Å²) in [5.74, 6) is 27.0. The summed E-state index contributed by atoms with van der Waals surface area (Å²) in [6.45, 7) is 0. The fourth-order valence-corrected chi connectivity index (χ4v) is 24.9. The smallest absolute Gasteiger partial charge is 0.0315 e. The van der Waals surface area contributed by atoms with Crippen LogP contribution in [0.25, 0.3) is 0 Å². The fraction of sp³-hybridized carbons (Fsp3) is 1.00. The second-order valence-electron chi connectivity index (χ2n) is 27.9. The summed E-state index contributed by atoms with van der Waals surface area (Å²) in [7, 11) is 0. The number of rotatable bonds is 6. The average Bonchev–Trinajstić information content (AvgIpc) is 3.35. The van der Waals surface area contributed by atoms with Gasteiger partial charge in [-0.05, 0) is 219 Å². The van der Waals surface area contributed by atoms with Gasteiger partial charge in [0, 0.05) is 0 Å². The van der Waals surface area contributed by atoms with Gasteiger partial charge in [0.15, 0.2) is 0 Å². The molecule has 18 atom stereocenters. The van der Waals surface area contributed by atoms with Crippen molar-refractivity contribution in [1.29, 1.82) is 0 Å². The highest BCUT2D eigenvalue weighted by Gasteiger charge is 2.65. The third-order valence-electron chi connectivity index (χ3n) is 26.3. The first-order chi connectivity index (χ1) is 30.8. The first-order valence-electron chi connectivity index (χ1n) is 30.8. The molecule has 0 amide bonds. The van der Waals surface area contributed by atoms with Crippen molar-refractivity contribution >= 4 is 0 Å².